The van der Waals surface area contributed by atoms with E-state index in [4.69, 9.17) is 0 Å². The summed E-state index contributed by atoms with van der Waals surface area (Å²) < 4.78 is 2.83. The van der Waals surface area contributed by atoms with Crippen LogP contribution in [0.15, 0.2) is 34.9 Å². The quantitative estimate of drug-likeness (QED) is 0.861. The predicted octanol–water partition coefficient (Wildman–Crippen LogP) is 3.09. The number of hydrogen-bond donors (Lipinski definition) is 0. The normalized spacial score (nSPS) is 10.6. The Morgan fingerprint density at radius 1 is 1.40 bits per heavy atom. The molecule has 0 bridgehead atoms. The van der Waals surface area contributed by atoms with E-state index in [2.05, 4.69) is 21.0 Å². The smallest absolute Gasteiger partial charge is 0.227 e. The zero-order valence-electron chi connectivity index (χ0n) is 11.9. The lowest BCUT2D eigenvalue weighted by Gasteiger charge is -2.19. The first-order valence-electron chi connectivity index (χ1n) is 6.48. The van der Waals surface area contributed by atoms with Gasteiger partial charge in [-0.3, -0.25) is 9.48 Å². The van der Waals surface area contributed by atoms with Gasteiger partial charge in [-0.1, -0.05) is 15.9 Å². The summed E-state index contributed by atoms with van der Waals surface area (Å²) >= 11 is 3.43. The minimum Gasteiger partial charge on any atom is -0.315 e. The molecule has 1 heterocycles. The van der Waals surface area contributed by atoms with Crippen molar-refractivity contribution in [2.45, 2.75) is 19.8 Å². The Morgan fingerprint density at radius 3 is 2.75 bits per heavy atom. The second-order valence-electron chi connectivity index (χ2n) is 4.83. The number of halogens is 1. The number of hydrogen-bond acceptors (Lipinski definition) is 2. The number of aryl methyl sites for hydroxylation is 3. The van der Waals surface area contributed by atoms with Crippen LogP contribution in [0.25, 0.3) is 0 Å². The molecule has 2 rings (SSSR count). The van der Waals surface area contributed by atoms with Crippen LogP contribution in [0.3, 0.4) is 0 Å². The van der Waals surface area contributed by atoms with E-state index in [-0.39, 0.29) is 5.91 Å². The number of benzene rings is 1. The van der Waals surface area contributed by atoms with Gasteiger partial charge < -0.3 is 4.90 Å². The second kappa shape index (κ2) is 6.22. The Morgan fingerprint density at radius 2 is 2.15 bits per heavy atom. The largest absolute Gasteiger partial charge is 0.315 e. The predicted molar refractivity (Wildman–Crippen MR) is 83.8 cm³/mol. The maximum atomic E-state index is 12.3. The first-order chi connectivity index (χ1) is 9.49. The van der Waals surface area contributed by atoms with Crippen LogP contribution >= 0.6 is 15.9 Å². The molecule has 106 valence electrons. The number of carbonyl (C=O) groups excluding carboxylic acids is 1. The minimum atomic E-state index is 0.108. The molecular formula is C15H18BrN3O. The van der Waals surface area contributed by atoms with Gasteiger partial charge in [-0.25, -0.2) is 0 Å². The van der Waals surface area contributed by atoms with Crippen molar-refractivity contribution < 1.29 is 4.79 Å². The Hall–Kier alpha value is -1.62. The van der Waals surface area contributed by atoms with Crippen molar-refractivity contribution in [3.05, 3.63) is 46.2 Å². The van der Waals surface area contributed by atoms with Crippen LogP contribution in [0.1, 0.15) is 17.7 Å². The van der Waals surface area contributed by atoms with Crippen molar-refractivity contribution in [2.24, 2.45) is 7.05 Å². The Kier molecular flexibility index (Phi) is 4.60. The fraction of sp³-hybridized carbons (Fsp3) is 0.333. The molecular weight excluding hydrogens is 318 g/mol. The number of carbonyl (C=O) groups is 1. The van der Waals surface area contributed by atoms with E-state index in [1.807, 2.05) is 45.3 Å². The Bertz CT molecular complexity index is 621. The Balaban J connectivity index is 2.03. The maximum Gasteiger partial charge on any atom is 0.227 e. The molecule has 20 heavy (non-hydrogen) atoms. The van der Waals surface area contributed by atoms with Crippen LogP contribution in [0.2, 0.25) is 0 Å². The molecule has 4 nitrogen and oxygen atoms in total. The second-order valence-corrected chi connectivity index (χ2v) is 5.75. The zero-order chi connectivity index (χ0) is 14.7. The summed E-state index contributed by atoms with van der Waals surface area (Å²) in [6.07, 6.45) is 2.93. The lowest BCUT2D eigenvalue weighted by atomic mass is 10.1. The third-order valence-corrected chi connectivity index (χ3v) is 3.91. The first-order valence-corrected chi connectivity index (χ1v) is 7.28. The molecule has 0 atom stereocenters. The van der Waals surface area contributed by atoms with Gasteiger partial charge in [0, 0.05) is 42.6 Å². The SMILES string of the molecule is Cc1cc(Br)ccc1N(C)C(=O)CCc1ccnn1C. The van der Waals surface area contributed by atoms with Crippen molar-refractivity contribution in [3.8, 4) is 0 Å². The van der Waals surface area contributed by atoms with Gasteiger partial charge in [0.1, 0.15) is 0 Å². The summed E-state index contributed by atoms with van der Waals surface area (Å²) in [7, 11) is 3.71. The molecule has 0 saturated heterocycles. The Labute approximate surface area is 127 Å². The molecule has 0 N–H and O–H groups in total. The summed E-state index contributed by atoms with van der Waals surface area (Å²) in [4.78, 5) is 14.0. The third-order valence-electron chi connectivity index (χ3n) is 3.41. The molecule has 0 aliphatic rings. The lowest BCUT2D eigenvalue weighted by molar-refractivity contribution is -0.118. The molecule has 0 radical (unpaired) electrons. The van der Waals surface area contributed by atoms with Crippen LogP contribution in [0.5, 0.6) is 0 Å². The van der Waals surface area contributed by atoms with Crippen molar-refractivity contribution in [1.82, 2.24) is 9.78 Å². The number of amides is 1. The van der Waals surface area contributed by atoms with Crippen molar-refractivity contribution >= 4 is 27.5 Å². The van der Waals surface area contributed by atoms with E-state index in [9.17, 15) is 4.79 Å². The van der Waals surface area contributed by atoms with Crippen LogP contribution in [-0.2, 0) is 18.3 Å². The van der Waals surface area contributed by atoms with Gasteiger partial charge in [-0.15, -0.1) is 0 Å². The van der Waals surface area contributed by atoms with Crippen molar-refractivity contribution in [1.29, 1.82) is 0 Å². The van der Waals surface area contributed by atoms with Crippen molar-refractivity contribution in [3.63, 3.8) is 0 Å². The van der Waals surface area contributed by atoms with Crippen molar-refractivity contribution in [2.75, 3.05) is 11.9 Å². The summed E-state index contributed by atoms with van der Waals surface area (Å²) in [5, 5.41) is 4.11. The van der Waals surface area contributed by atoms with Gasteiger partial charge in [0.05, 0.1) is 0 Å². The number of rotatable bonds is 4. The highest BCUT2D eigenvalue weighted by Crippen LogP contribution is 2.23. The fourth-order valence-corrected chi connectivity index (χ4v) is 2.65. The van der Waals surface area contributed by atoms with E-state index < -0.39 is 0 Å². The summed E-state index contributed by atoms with van der Waals surface area (Å²) in [6, 6.07) is 7.87. The molecule has 5 heteroatoms. The monoisotopic (exact) mass is 335 g/mol. The van der Waals surface area contributed by atoms with Gasteiger partial charge in [0.15, 0.2) is 0 Å². The molecule has 0 unspecified atom stereocenters. The highest BCUT2D eigenvalue weighted by Gasteiger charge is 2.13. The molecule has 1 aromatic heterocycles. The van der Waals surface area contributed by atoms with E-state index in [1.165, 1.54) is 0 Å². The van der Waals surface area contributed by atoms with Gasteiger partial charge in [-0.2, -0.15) is 5.10 Å². The molecule has 1 amide bonds. The van der Waals surface area contributed by atoms with E-state index in [0.29, 0.717) is 12.8 Å². The molecule has 1 aromatic carbocycles. The van der Waals surface area contributed by atoms with Gasteiger partial charge in [-0.05, 0) is 43.2 Å². The summed E-state index contributed by atoms with van der Waals surface area (Å²) in [5.41, 5.74) is 3.10. The topological polar surface area (TPSA) is 38.1 Å². The zero-order valence-corrected chi connectivity index (χ0v) is 13.5. The molecule has 0 saturated carbocycles. The molecule has 0 aliphatic carbocycles. The average molecular weight is 336 g/mol. The van der Waals surface area contributed by atoms with E-state index >= 15 is 0 Å². The van der Waals surface area contributed by atoms with E-state index in [0.717, 1.165) is 21.4 Å². The van der Waals surface area contributed by atoms with Gasteiger partial charge in [0.25, 0.3) is 0 Å². The molecule has 0 aliphatic heterocycles. The highest BCUT2D eigenvalue weighted by atomic mass is 79.9. The van der Waals surface area contributed by atoms with E-state index in [1.54, 1.807) is 15.8 Å². The fourth-order valence-electron chi connectivity index (χ4n) is 2.18. The average Bonchev–Trinajstić information content (AvgIpc) is 2.81. The van der Waals surface area contributed by atoms with Crippen LogP contribution in [0.4, 0.5) is 5.69 Å². The number of anilines is 1. The van der Waals surface area contributed by atoms with Crippen LogP contribution < -0.4 is 4.90 Å². The number of nitrogens with zero attached hydrogens (tertiary/aromatic N) is 3. The maximum absolute atomic E-state index is 12.3. The third kappa shape index (κ3) is 3.28. The van der Waals surface area contributed by atoms with Crippen LogP contribution in [-0.4, -0.2) is 22.7 Å². The number of aromatic nitrogens is 2. The highest BCUT2D eigenvalue weighted by molar-refractivity contribution is 9.10. The summed E-state index contributed by atoms with van der Waals surface area (Å²) in [5.74, 6) is 0.108. The standard InChI is InChI=1S/C15H18BrN3O/c1-11-10-12(16)4-6-14(11)18(2)15(20)7-5-13-8-9-17-19(13)3/h4,6,8-10H,5,7H2,1-3H3. The molecule has 0 fully saturated rings. The molecule has 0 spiro atoms. The molecule has 2 aromatic rings. The summed E-state index contributed by atoms with van der Waals surface area (Å²) in [6.45, 7) is 2.00. The first kappa shape index (κ1) is 14.8. The van der Waals surface area contributed by atoms with Gasteiger partial charge in [0.2, 0.25) is 5.91 Å². The van der Waals surface area contributed by atoms with Gasteiger partial charge >= 0.3 is 0 Å². The van der Waals surface area contributed by atoms with Crippen LogP contribution in [0, 0.1) is 6.92 Å². The lowest BCUT2D eigenvalue weighted by Crippen LogP contribution is -2.27. The minimum absolute atomic E-state index is 0.108.